The molecule has 100 valence electrons. The smallest absolute Gasteiger partial charge is 0.423 e. The number of nitrogens with zero attached hydrogens (tertiary/aromatic N) is 1. The van der Waals surface area contributed by atoms with Crippen molar-refractivity contribution in [1.29, 1.82) is 0 Å². The van der Waals surface area contributed by atoms with Crippen LogP contribution in [0.1, 0.15) is 20.3 Å². The molecular weight excluding hydrogens is 229 g/mol. The van der Waals surface area contributed by atoms with Crippen LogP contribution in [0.25, 0.3) is 0 Å². The summed E-state index contributed by atoms with van der Waals surface area (Å²) in [5.41, 5.74) is 1.54. The fourth-order valence-corrected chi connectivity index (χ4v) is 1.70. The number of ether oxygens (including phenoxy) is 1. The van der Waals surface area contributed by atoms with Gasteiger partial charge in [-0.3, -0.25) is 0 Å². The molecule has 1 saturated heterocycles. The van der Waals surface area contributed by atoms with Gasteiger partial charge in [-0.25, -0.2) is 0 Å². The zero-order chi connectivity index (χ0) is 13.4. The molecule has 0 aliphatic carbocycles. The predicted octanol–water partition coefficient (Wildman–Crippen LogP) is 0.619. The van der Waals surface area contributed by atoms with Crippen molar-refractivity contribution in [1.82, 2.24) is 0 Å². The Balaban J connectivity index is 0.000000492. The number of hydrogen-bond acceptors (Lipinski definition) is 4. The van der Waals surface area contributed by atoms with Gasteiger partial charge in [-0.15, -0.1) is 0 Å². The maximum atomic E-state index is 9.06. The molecule has 0 radical (unpaired) electrons. The normalized spacial score (nSPS) is 14.8. The second-order valence-corrected chi connectivity index (χ2v) is 4.28. The summed E-state index contributed by atoms with van der Waals surface area (Å²) >= 11 is 0. The van der Waals surface area contributed by atoms with Gasteiger partial charge in [-0.05, 0) is 17.6 Å². The summed E-state index contributed by atoms with van der Waals surface area (Å²) in [6.45, 7) is 7.41. The van der Waals surface area contributed by atoms with Gasteiger partial charge >= 0.3 is 7.12 Å². The minimum absolute atomic E-state index is 0.527. The average Bonchev–Trinajstić information content (AvgIpc) is 2.41. The topological polar surface area (TPSA) is 52.9 Å². The van der Waals surface area contributed by atoms with Gasteiger partial charge in [0.15, 0.2) is 0 Å². The summed E-state index contributed by atoms with van der Waals surface area (Å²) in [6, 6.07) is 7.31. The van der Waals surface area contributed by atoms with Crippen molar-refractivity contribution in [2.24, 2.45) is 0 Å². The van der Waals surface area contributed by atoms with Crippen molar-refractivity contribution in [3.63, 3.8) is 0 Å². The van der Waals surface area contributed by atoms with E-state index in [1.165, 1.54) is 6.42 Å². The Bertz CT molecular complexity index is 341. The third-order valence-corrected chi connectivity index (χ3v) is 2.54. The molecule has 1 aromatic rings. The lowest BCUT2D eigenvalue weighted by Gasteiger charge is -2.29. The van der Waals surface area contributed by atoms with E-state index in [1.807, 2.05) is 12.1 Å². The van der Waals surface area contributed by atoms with Crippen molar-refractivity contribution >= 4 is 18.3 Å². The van der Waals surface area contributed by atoms with Gasteiger partial charge in [0.05, 0.1) is 13.2 Å². The van der Waals surface area contributed by atoms with E-state index in [9.17, 15) is 0 Å². The Morgan fingerprint density at radius 1 is 1.22 bits per heavy atom. The molecular formula is C13H22BNO3. The highest BCUT2D eigenvalue weighted by atomic mass is 16.5. The Hall–Kier alpha value is -1.04. The van der Waals surface area contributed by atoms with Crippen LogP contribution in [0.15, 0.2) is 24.3 Å². The van der Waals surface area contributed by atoms with Crippen LogP contribution in [0, 0.1) is 0 Å². The second kappa shape index (κ2) is 8.13. The molecule has 2 N–H and O–H groups in total. The zero-order valence-electron chi connectivity index (χ0n) is 11.2. The molecule has 1 aromatic carbocycles. The van der Waals surface area contributed by atoms with E-state index in [4.69, 9.17) is 14.8 Å². The third kappa shape index (κ3) is 4.68. The molecule has 4 nitrogen and oxygen atoms in total. The number of benzene rings is 1. The quantitative estimate of drug-likeness (QED) is 0.756. The Kier molecular flexibility index (Phi) is 6.79. The fraction of sp³-hybridized carbons (Fsp3) is 0.538. The van der Waals surface area contributed by atoms with Gasteiger partial charge in [-0.1, -0.05) is 32.4 Å². The van der Waals surface area contributed by atoms with Crippen LogP contribution in [0.5, 0.6) is 0 Å². The number of rotatable bonds is 2. The molecule has 1 aliphatic rings. The molecule has 0 unspecified atom stereocenters. The van der Waals surface area contributed by atoms with Crippen molar-refractivity contribution in [3.8, 4) is 0 Å². The molecule has 0 saturated carbocycles. The van der Waals surface area contributed by atoms with Gasteiger partial charge in [0.2, 0.25) is 0 Å². The van der Waals surface area contributed by atoms with Crippen LogP contribution in [0.3, 0.4) is 0 Å². The summed E-state index contributed by atoms with van der Waals surface area (Å²) in [7, 11) is -1.40. The van der Waals surface area contributed by atoms with Crippen LogP contribution >= 0.6 is 0 Å². The SMILES string of the molecule is CCC.OB(O)c1cccc(N2CCOCC2)c1. The molecule has 0 spiro atoms. The number of morpholine rings is 1. The maximum absolute atomic E-state index is 9.06. The fourth-order valence-electron chi connectivity index (χ4n) is 1.70. The highest BCUT2D eigenvalue weighted by Gasteiger charge is 2.15. The van der Waals surface area contributed by atoms with Crippen LogP contribution < -0.4 is 10.4 Å². The minimum Gasteiger partial charge on any atom is -0.423 e. The van der Waals surface area contributed by atoms with E-state index in [-0.39, 0.29) is 0 Å². The number of hydrogen-bond donors (Lipinski definition) is 2. The predicted molar refractivity (Wildman–Crippen MR) is 75.3 cm³/mol. The standard InChI is InChI=1S/C10H14BNO3.C3H8/c13-11(14)9-2-1-3-10(8-9)12-4-6-15-7-5-12;1-3-2/h1-3,8,13-14H,4-7H2;3H2,1-2H3. The van der Waals surface area contributed by atoms with E-state index in [1.54, 1.807) is 12.1 Å². The summed E-state index contributed by atoms with van der Waals surface area (Å²) in [5, 5.41) is 18.1. The molecule has 1 aliphatic heterocycles. The summed E-state index contributed by atoms with van der Waals surface area (Å²) < 4.78 is 5.26. The van der Waals surface area contributed by atoms with Crippen molar-refractivity contribution in [3.05, 3.63) is 24.3 Å². The maximum Gasteiger partial charge on any atom is 0.488 e. The lowest BCUT2D eigenvalue weighted by atomic mass is 9.80. The summed E-state index contributed by atoms with van der Waals surface area (Å²) in [4.78, 5) is 2.18. The highest BCUT2D eigenvalue weighted by molar-refractivity contribution is 6.58. The Morgan fingerprint density at radius 3 is 2.39 bits per heavy atom. The zero-order valence-corrected chi connectivity index (χ0v) is 11.2. The van der Waals surface area contributed by atoms with Gasteiger partial charge in [0, 0.05) is 18.8 Å². The van der Waals surface area contributed by atoms with Gasteiger partial charge in [0.25, 0.3) is 0 Å². The average molecular weight is 251 g/mol. The van der Waals surface area contributed by atoms with Crippen molar-refractivity contribution in [2.75, 3.05) is 31.2 Å². The molecule has 0 bridgehead atoms. The molecule has 5 heteroatoms. The molecule has 0 amide bonds. The Morgan fingerprint density at radius 2 is 1.83 bits per heavy atom. The van der Waals surface area contributed by atoms with Crippen molar-refractivity contribution < 1.29 is 14.8 Å². The molecule has 0 atom stereocenters. The van der Waals surface area contributed by atoms with Crippen LogP contribution in [0.2, 0.25) is 0 Å². The van der Waals surface area contributed by atoms with Crippen LogP contribution in [-0.4, -0.2) is 43.5 Å². The first kappa shape index (κ1) is 15.0. The first-order valence-electron chi connectivity index (χ1n) is 6.47. The summed E-state index contributed by atoms with van der Waals surface area (Å²) in [6.07, 6.45) is 1.25. The van der Waals surface area contributed by atoms with Gasteiger partial charge < -0.3 is 19.7 Å². The number of anilines is 1. The second-order valence-electron chi connectivity index (χ2n) is 4.28. The third-order valence-electron chi connectivity index (χ3n) is 2.54. The van der Waals surface area contributed by atoms with E-state index < -0.39 is 7.12 Å². The Labute approximate surface area is 109 Å². The largest absolute Gasteiger partial charge is 0.488 e. The first-order chi connectivity index (χ1) is 8.69. The summed E-state index contributed by atoms with van der Waals surface area (Å²) in [5.74, 6) is 0. The highest BCUT2D eigenvalue weighted by Crippen LogP contribution is 2.13. The molecule has 1 fully saturated rings. The lowest BCUT2D eigenvalue weighted by molar-refractivity contribution is 0.122. The van der Waals surface area contributed by atoms with Crippen LogP contribution in [0.4, 0.5) is 5.69 Å². The lowest BCUT2D eigenvalue weighted by Crippen LogP contribution is -2.37. The van der Waals surface area contributed by atoms with Crippen molar-refractivity contribution in [2.45, 2.75) is 20.3 Å². The van der Waals surface area contributed by atoms with E-state index in [0.717, 1.165) is 32.0 Å². The molecule has 2 rings (SSSR count). The minimum atomic E-state index is -1.40. The van der Waals surface area contributed by atoms with Crippen LogP contribution in [-0.2, 0) is 4.74 Å². The molecule has 1 heterocycles. The molecule has 18 heavy (non-hydrogen) atoms. The first-order valence-corrected chi connectivity index (χ1v) is 6.47. The van der Waals surface area contributed by atoms with E-state index in [2.05, 4.69) is 18.7 Å². The van der Waals surface area contributed by atoms with Gasteiger partial charge in [-0.2, -0.15) is 0 Å². The van der Waals surface area contributed by atoms with E-state index in [0.29, 0.717) is 5.46 Å². The monoisotopic (exact) mass is 251 g/mol. The van der Waals surface area contributed by atoms with E-state index >= 15 is 0 Å². The van der Waals surface area contributed by atoms with Gasteiger partial charge in [0.1, 0.15) is 0 Å². The molecule has 0 aromatic heterocycles.